The molecule has 0 aliphatic carbocycles. The van der Waals surface area contributed by atoms with E-state index in [1.807, 2.05) is 34.2 Å². The van der Waals surface area contributed by atoms with Crippen molar-refractivity contribution in [3.05, 3.63) is 22.4 Å². The van der Waals surface area contributed by atoms with Crippen LogP contribution >= 0.6 is 23.1 Å². The molecule has 1 aliphatic heterocycles. The number of rotatable bonds is 4. The fourth-order valence-electron chi connectivity index (χ4n) is 2.21. The minimum Gasteiger partial charge on any atom is -0.338 e. The SMILES string of the molecule is C[C@@H]1SCCN(C(=O)CCC(=O)c2cccs2)[C@@H]1C. The summed E-state index contributed by atoms with van der Waals surface area (Å²) in [5, 5.41) is 2.37. The average Bonchev–Trinajstić information content (AvgIpc) is 2.93. The molecule has 1 saturated heterocycles. The van der Waals surface area contributed by atoms with Crippen LogP contribution in [0.25, 0.3) is 0 Å². The van der Waals surface area contributed by atoms with Crippen molar-refractivity contribution in [3.63, 3.8) is 0 Å². The van der Waals surface area contributed by atoms with Gasteiger partial charge in [-0.3, -0.25) is 9.59 Å². The fourth-order valence-corrected chi connectivity index (χ4v) is 4.00. The molecule has 1 aliphatic rings. The molecule has 5 heteroatoms. The van der Waals surface area contributed by atoms with Crippen LogP contribution in [0.1, 0.15) is 36.4 Å². The standard InChI is InChI=1S/C14H19NO2S2/c1-10-11(2)18-9-7-15(10)14(17)6-5-12(16)13-4-3-8-19-13/h3-4,8,10-11H,5-7,9H2,1-2H3/t10-,11+/m1/s1. The summed E-state index contributed by atoms with van der Waals surface area (Å²) in [5.74, 6) is 1.19. The Kier molecular flexibility index (Phi) is 5.05. The smallest absolute Gasteiger partial charge is 0.223 e. The zero-order valence-electron chi connectivity index (χ0n) is 11.3. The minimum atomic E-state index is 0.0791. The Hall–Kier alpha value is -0.810. The summed E-state index contributed by atoms with van der Waals surface area (Å²) in [6.45, 7) is 5.06. The molecule has 0 aromatic carbocycles. The highest BCUT2D eigenvalue weighted by Gasteiger charge is 2.28. The van der Waals surface area contributed by atoms with Crippen molar-refractivity contribution in [2.45, 2.75) is 38.0 Å². The first kappa shape index (κ1) is 14.6. The molecule has 19 heavy (non-hydrogen) atoms. The maximum atomic E-state index is 12.2. The predicted molar refractivity (Wildman–Crippen MR) is 81.0 cm³/mol. The highest BCUT2D eigenvalue weighted by atomic mass is 32.2. The third-order valence-corrected chi connectivity index (χ3v) is 5.82. The minimum absolute atomic E-state index is 0.0791. The topological polar surface area (TPSA) is 37.4 Å². The van der Waals surface area contributed by atoms with Crippen LogP contribution in [0.2, 0.25) is 0 Å². The lowest BCUT2D eigenvalue weighted by molar-refractivity contribution is -0.133. The van der Waals surface area contributed by atoms with Gasteiger partial charge in [0.05, 0.1) is 4.88 Å². The van der Waals surface area contributed by atoms with Crippen molar-refractivity contribution < 1.29 is 9.59 Å². The average molecular weight is 297 g/mol. The molecule has 2 atom stereocenters. The number of ketones is 1. The normalized spacial score (nSPS) is 23.4. The zero-order valence-corrected chi connectivity index (χ0v) is 12.9. The van der Waals surface area contributed by atoms with Crippen LogP contribution in [-0.4, -0.2) is 40.2 Å². The molecule has 2 rings (SSSR count). The number of thiophene rings is 1. The first-order valence-corrected chi connectivity index (χ1v) is 8.50. The summed E-state index contributed by atoms with van der Waals surface area (Å²) in [6, 6.07) is 3.95. The first-order valence-electron chi connectivity index (χ1n) is 6.57. The van der Waals surface area contributed by atoms with E-state index in [1.165, 1.54) is 11.3 Å². The Morgan fingerprint density at radius 2 is 2.16 bits per heavy atom. The third-order valence-electron chi connectivity index (χ3n) is 3.57. The molecule has 0 spiro atoms. The van der Waals surface area contributed by atoms with Gasteiger partial charge >= 0.3 is 0 Å². The second-order valence-corrected chi connectivity index (χ2v) is 7.24. The van der Waals surface area contributed by atoms with E-state index < -0.39 is 0 Å². The molecule has 2 heterocycles. The molecular weight excluding hydrogens is 278 g/mol. The molecular formula is C14H19NO2S2. The molecule has 104 valence electrons. The van der Waals surface area contributed by atoms with E-state index in [4.69, 9.17) is 0 Å². The highest BCUT2D eigenvalue weighted by molar-refractivity contribution is 8.00. The predicted octanol–water partition coefficient (Wildman–Crippen LogP) is 3.06. The van der Waals surface area contributed by atoms with Crippen LogP contribution < -0.4 is 0 Å². The van der Waals surface area contributed by atoms with Gasteiger partial charge in [0.1, 0.15) is 0 Å². The Bertz CT molecular complexity index is 444. The van der Waals surface area contributed by atoms with E-state index in [0.29, 0.717) is 18.1 Å². The lowest BCUT2D eigenvalue weighted by atomic mass is 10.1. The van der Waals surface area contributed by atoms with Gasteiger partial charge < -0.3 is 4.90 Å². The lowest BCUT2D eigenvalue weighted by Crippen LogP contribution is -2.48. The largest absolute Gasteiger partial charge is 0.338 e. The van der Waals surface area contributed by atoms with Crippen molar-refractivity contribution in [2.24, 2.45) is 0 Å². The van der Waals surface area contributed by atoms with E-state index in [0.717, 1.165) is 17.2 Å². The van der Waals surface area contributed by atoms with E-state index in [-0.39, 0.29) is 17.7 Å². The number of hydrogen-bond donors (Lipinski definition) is 0. The number of carbonyl (C=O) groups excluding carboxylic acids is 2. The highest BCUT2D eigenvalue weighted by Crippen LogP contribution is 2.25. The van der Waals surface area contributed by atoms with Crippen LogP contribution in [0.4, 0.5) is 0 Å². The monoisotopic (exact) mass is 297 g/mol. The van der Waals surface area contributed by atoms with Gasteiger partial charge in [0.15, 0.2) is 5.78 Å². The van der Waals surface area contributed by atoms with Gasteiger partial charge in [-0.15, -0.1) is 11.3 Å². The number of thioether (sulfide) groups is 1. The summed E-state index contributed by atoms with van der Waals surface area (Å²) in [6.07, 6.45) is 0.655. The lowest BCUT2D eigenvalue weighted by Gasteiger charge is -2.37. The second-order valence-electron chi connectivity index (χ2n) is 4.80. The molecule has 0 radical (unpaired) electrons. The molecule has 1 aromatic heterocycles. The van der Waals surface area contributed by atoms with Crippen molar-refractivity contribution in [2.75, 3.05) is 12.3 Å². The van der Waals surface area contributed by atoms with Crippen molar-refractivity contribution in [1.29, 1.82) is 0 Å². The van der Waals surface area contributed by atoms with Gasteiger partial charge in [-0.1, -0.05) is 13.0 Å². The van der Waals surface area contributed by atoms with Gasteiger partial charge in [-0.05, 0) is 18.4 Å². The van der Waals surface area contributed by atoms with Crippen LogP contribution in [-0.2, 0) is 4.79 Å². The summed E-state index contributed by atoms with van der Waals surface area (Å²) in [7, 11) is 0. The number of carbonyl (C=O) groups is 2. The summed E-state index contributed by atoms with van der Waals surface area (Å²) >= 11 is 3.35. The number of amides is 1. The maximum absolute atomic E-state index is 12.2. The van der Waals surface area contributed by atoms with Gasteiger partial charge in [0.2, 0.25) is 5.91 Å². The molecule has 1 aromatic rings. The van der Waals surface area contributed by atoms with Crippen LogP contribution in [0.15, 0.2) is 17.5 Å². The number of nitrogens with zero attached hydrogens (tertiary/aromatic N) is 1. The molecule has 3 nitrogen and oxygen atoms in total. The maximum Gasteiger partial charge on any atom is 0.223 e. The Morgan fingerprint density at radius 3 is 2.84 bits per heavy atom. The van der Waals surface area contributed by atoms with Gasteiger partial charge in [0, 0.05) is 36.4 Å². The zero-order chi connectivity index (χ0) is 13.8. The molecule has 0 bridgehead atoms. The quantitative estimate of drug-likeness (QED) is 0.802. The van der Waals surface area contributed by atoms with Crippen molar-refractivity contribution in [1.82, 2.24) is 4.90 Å². The van der Waals surface area contributed by atoms with Crippen LogP contribution in [0.3, 0.4) is 0 Å². The number of hydrogen-bond acceptors (Lipinski definition) is 4. The molecule has 0 unspecified atom stereocenters. The van der Waals surface area contributed by atoms with Crippen LogP contribution in [0, 0.1) is 0 Å². The third kappa shape index (κ3) is 3.60. The first-order chi connectivity index (χ1) is 9.09. The van der Waals surface area contributed by atoms with Crippen molar-refractivity contribution in [3.8, 4) is 0 Å². The Balaban J connectivity index is 1.86. The molecule has 1 fully saturated rings. The summed E-state index contributed by atoms with van der Waals surface area (Å²) in [4.78, 5) is 26.8. The second kappa shape index (κ2) is 6.57. The van der Waals surface area contributed by atoms with Gasteiger partial charge in [-0.2, -0.15) is 11.8 Å². The van der Waals surface area contributed by atoms with Gasteiger partial charge in [-0.25, -0.2) is 0 Å². The molecule has 1 amide bonds. The summed E-state index contributed by atoms with van der Waals surface area (Å²) in [5.41, 5.74) is 0. The van der Waals surface area contributed by atoms with Crippen molar-refractivity contribution >= 4 is 34.8 Å². The Morgan fingerprint density at radius 1 is 1.37 bits per heavy atom. The van der Waals surface area contributed by atoms with Gasteiger partial charge in [0.25, 0.3) is 0 Å². The van der Waals surface area contributed by atoms with E-state index in [2.05, 4.69) is 13.8 Å². The van der Waals surface area contributed by atoms with Crippen LogP contribution in [0.5, 0.6) is 0 Å². The van der Waals surface area contributed by atoms with E-state index in [9.17, 15) is 9.59 Å². The van der Waals surface area contributed by atoms with E-state index in [1.54, 1.807) is 0 Å². The summed E-state index contributed by atoms with van der Waals surface area (Å²) < 4.78 is 0. The molecule has 0 N–H and O–H groups in total. The fraction of sp³-hybridized carbons (Fsp3) is 0.571. The number of Topliss-reactive ketones (excluding diaryl/α,β-unsaturated/α-hetero) is 1. The van der Waals surface area contributed by atoms with E-state index >= 15 is 0 Å². The Labute approximate surface area is 122 Å². The molecule has 0 saturated carbocycles.